The highest BCUT2D eigenvalue weighted by molar-refractivity contribution is 7.19. The summed E-state index contributed by atoms with van der Waals surface area (Å²) in [6, 6.07) is 11.8. The number of thiophene rings is 1. The molecule has 5 heterocycles. The molecule has 0 bridgehead atoms. The highest BCUT2D eigenvalue weighted by Crippen LogP contribution is 2.34. The summed E-state index contributed by atoms with van der Waals surface area (Å²) < 4.78 is 12.8. The fourth-order valence-electron chi connectivity index (χ4n) is 4.53. The SMILES string of the molecule is CO[C@@H]1C[C@@H](C(=O)NCc2cc3cnc(N)cc3s2)n2c1ncc(NC(=O)c1nc(-c3ccccc3)no1)c2=O. The number of anilines is 2. The van der Waals surface area contributed by atoms with Gasteiger partial charge in [0.05, 0.1) is 12.7 Å². The topological polar surface area (TPSA) is 180 Å². The van der Waals surface area contributed by atoms with Gasteiger partial charge in [0, 0.05) is 40.3 Å². The third-order valence-electron chi connectivity index (χ3n) is 6.46. The average Bonchev–Trinajstić information content (AvgIpc) is 3.70. The van der Waals surface area contributed by atoms with E-state index in [-0.39, 0.29) is 36.3 Å². The Kier molecular flexibility index (Phi) is 6.53. The number of nitrogens with one attached hydrogen (secondary N) is 2. The van der Waals surface area contributed by atoms with Gasteiger partial charge in [0.25, 0.3) is 5.56 Å². The minimum absolute atomic E-state index is 0.141. The van der Waals surface area contributed by atoms with E-state index in [0.29, 0.717) is 17.2 Å². The molecule has 13 nitrogen and oxygen atoms in total. The van der Waals surface area contributed by atoms with Crippen molar-refractivity contribution in [2.24, 2.45) is 0 Å². The molecule has 6 rings (SSSR count). The molecule has 1 aliphatic rings. The predicted molar refractivity (Wildman–Crippen MR) is 145 cm³/mol. The van der Waals surface area contributed by atoms with E-state index in [9.17, 15) is 14.4 Å². The normalized spacial score (nSPS) is 16.1. The smallest absolute Gasteiger partial charge is 0.316 e. The van der Waals surface area contributed by atoms with E-state index < -0.39 is 23.6 Å². The lowest BCUT2D eigenvalue weighted by molar-refractivity contribution is -0.124. The number of hydrogen-bond acceptors (Lipinski definition) is 11. The quantitative estimate of drug-likeness (QED) is 0.269. The molecule has 2 amide bonds. The summed E-state index contributed by atoms with van der Waals surface area (Å²) in [5.74, 6) is -0.550. The van der Waals surface area contributed by atoms with E-state index in [1.807, 2.05) is 12.1 Å². The molecule has 202 valence electrons. The monoisotopic (exact) mass is 558 g/mol. The van der Waals surface area contributed by atoms with E-state index in [0.717, 1.165) is 15.0 Å². The minimum atomic E-state index is -0.892. The second-order valence-electron chi connectivity index (χ2n) is 9.00. The first-order chi connectivity index (χ1) is 19.4. The summed E-state index contributed by atoms with van der Waals surface area (Å²) in [4.78, 5) is 52.9. The van der Waals surface area contributed by atoms with Crippen LogP contribution < -0.4 is 21.9 Å². The summed E-state index contributed by atoms with van der Waals surface area (Å²) in [7, 11) is 1.48. The summed E-state index contributed by atoms with van der Waals surface area (Å²) in [6.07, 6.45) is 2.54. The molecule has 40 heavy (non-hydrogen) atoms. The Labute approximate surface area is 230 Å². The number of nitrogens with zero attached hydrogens (tertiary/aromatic N) is 5. The second-order valence-corrected chi connectivity index (χ2v) is 10.2. The summed E-state index contributed by atoms with van der Waals surface area (Å²) in [5, 5.41) is 10.1. The highest BCUT2D eigenvalue weighted by atomic mass is 32.1. The molecule has 0 fully saturated rings. The van der Waals surface area contributed by atoms with Gasteiger partial charge in [-0.3, -0.25) is 19.0 Å². The van der Waals surface area contributed by atoms with Crippen LogP contribution in [-0.4, -0.2) is 43.6 Å². The number of rotatable bonds is 7. The number of aromatic nitrogens is 5. The number of pyridine rings is 1. The van der Waals surface area contributed by atoms with Crippen molar-refractivity contribution in [1.82, 2.24) is 30.0 Å². The number of nitrogen functional groups attached to an aromatic ring is 1. The Morgan fingerprint density at radius 1 is 1.20 bits per heavy atom. The molecular weight excluding hydrogens is 536 g/mol. The zero-order valence-corrected chi connectivity index (χ0v) is 21.8. The van der Waals surface area contributed by atoms with Crippen molar-refractivity contribution in [3.05, 3.63) is 81.8 Å². The lowest BCUT2D eigenvalue weighted by atomic mass is 10.1. The van der Waals surface area contributed by atoms with Crippen molar-refractivity contribution in [2.75, 3.05) is 18.2 Å². The largest absolute Gasteiger partial charge is 0.384 e. The average molecular weight is 559 g/mol. The molecule has 5 aromatic rings. The molecule has 1 aliphatic heterocycles. The molecule has 4 aromatic heterocycles. The van der Waals surface area contributed by atoms with Gasteiger partial charge in [0.2, 0.25) is 11.7 Å². The predicted octanol–water partition coefficient (Wildman–Crippen LogP) is 2.69. The van der Waals surface area contributed by atoms with E-state index in [2.05, 4.69) is 30.7 Å². The standard InChI is InChI=1S/C26H22N8O5S/c1-38-18-8-17(23(35)30-11-15-7-14-10-28-20(27)9-19(14)40-15)34-22(18)29-12-16(26(34)37)31-24(36)25-32-21(33-39-25)13-5-3-2-4-6-13/h2-7,9-10,12,17-18H,8,11H2,1H3,(H2,27,28)(H,30,35)(H,31,36)/t17-,18+/m0/s1. The molecule has 0 saturated carbocycles. The molecule has 0 spiro atoms. The molecule has 14 heteroatoms. The Morgan fingerprint density at radius 3 is 2.83 bits per heavy atom. The van der Waals surface area contributed by atoms with Crippen molar-refractivity contribution >= 4 is 44.7 Å². The summed E-state index contributed by atoms with van der Waals surface area (Å²) in [5.41, 5.74) is 5.68. The van der Waals surface area contributed by atoms with Crippen molar-refractivity contribution in [3.63, 3.8) is 0 Å². The van der Waals surface area contributed by atoms with Crippen molar-refractivity contribution < 1.29 is 18.8 Å². The van der Waals surface area contributed by atoms with Crippen LogP contribution in [0.2, 0.25) is 0 Å². The van der Waals surface area contributed by atoms with Crippen molar-refractivity contribution in [3.8, 4) is 11.4 Å². The maximum atomic E-state index is 13.4. The Morgan fingerprint density at radius 2 is 2.02 bits per heavy atom. The van der Waals surface area contributed by atoms with Gasteiger partial charge in [-0.25, -0.2) is 9.97 Å². The number of fused-ring (bicyclic) bond motifs is 2. The van der Waals surface area contributed by atoms with Crippen LogP contribution in [0.25, 0.3) is 21.5 Å². The van der Waals surface area contributed by atoms with Crippen LogP contribution in [-0.2, 0) is 16.1 Å². The number of benzene rings is 1. The van der Waals surface area contributed by atoms with Gasteiger partial charge >= 0.3 is 11.8 Å². The number of hydrogen-bond donors (Lipinski definition) is 3. The highest BCUT2D eigenvalue weighted by Gasteiger charge is 2.38. The number of carbonyl (C=O) groups is 2. The first-order valence-electron chi connectivity index (χ1n) is 12.2. The van der Waals surface area contributed by atoms with Crippen molar-refractivity contribution in [1.29, 1.82) is 0 Å². The molecule has 1 aromatic carbocycles. The first kappa shape index (κ1) is 25.3. The van der Waals surface area contributed by atoms with Gasteiger partial charge in [-0.2, -0.15) is 4.98 Å². The Hall–Kier alpha value is -4.95. The van der Waals surface area contributed by atoms with Gasteiger partial charge in [-0.1, -0.05) is 35.5 Å². The zero-order chi connectivity index (χ0) is 27.8. The summed E-state index contributed by atoms with van der Waals surface area (Å²) in [6.45, 7) is 0.251. The third kappa shape index (κ3) is 4.69. The number of ether oxygens (including phenoxy) is 1. The number of amides is 2. The van der Waals surface area contributed by atoms with Crippen LogP contribution in [0.1, 0.15) is 40.0 Å². The first-order valence-corrected chi connectivity index (χ1v) is 13.0. The number of methoxy groups -OCH3 is 1. The van der Waals surface area contributed by atoms with Crippen LogP contribution in [0.5, 0.6) is 0 Å². The third-order valence-corrected chi connectivity index (χ3v) is 7.56. The molecule has 0 unspecified atom stereocenters. The number of nitrogens with two attached hydrogens (primary N) is 1. The molecule has 4 N–H and O–H groups in total. The summed E-state index contributed by atoms with van der Waals surface area (Å²) >= 11 is 1.49. The van der Waals surface area contributed by atoms with Crippen LogP contribution >= 0.6 is 11.3 Å². The maximum Gasteiger partial charge on any atom is 0.316 e. The van der Waals surface area contributed by atoms with Crippen LogP contribution in [0.3, 0.4) is 0 Å². The van der Waals surface area contributed by atoms with E-state index in [4.69, 9.17) is 15.0 Å². The molecule has 0 aliphatic carbocycles. The van der Waals surface area contributed by atoms with Crippen LogP contribution in [0, 0.1) is 0 Å². The molecular formula is C26H22N8O5S. The molecule has 0 radical (unpaired) electrons. The Balaban J connectivity index is 1.21. The number of carbonyl (C=O) groups excluding carboxylic acids is 2. The fourth-order valence-corrected chi connectivity index (χ4v) is 5.55. The maximum absolute atomic E-state index is 13.4. The lowest BCUT2D eigenvalue weighted by Crippen LogP contribution is -2.36. The van der Waals surface area contributed by atoms with E-state index >= 15 is 0 Å². The van der Waals surface area contributed by atoms with Crippen LogP contribution in [0.4, 0.5) is 11.5 Å². The minimum Gasteiger partial charge on any atom is -0.384 e. The van der Waals surface area contributed by atoms with Crippen LogP contribution in [0.15, 0.2) is 64.2 Å². The van der Waals surface area contributed by atoms with Gasteiger partial charge in [-0.05, 0) is 12.1 Å². The molecule has 0 saturated heterocycles. The van der Waals surface area contributed by atoms with Crippen molar-refractivity contribution in [2.45, 2.75) is 25.1 Å². The van der Waals surface area contributed by atoms with Gasteiger partial charge in [-0.15, -0.1) is 11.3 Å². The van der Waals surface area contributed by atoms with Gasteiger partial charge < -0.3 is 25.6 Å². The fraction of sp³-hybridized carbons (Fsp3) is 0.192. The lowest BCUT2D eigenvalue weighted by Gasteiger charge is -2.14. The van der Waals surface area contributed by atoms with Gasteiger partial charge in [0.1, 0.15) is 29.5 Å². The Bertz CT molecular complexity index is 1800. The van der Waals surface area contributed by atoms with Gasteiger partial charge in [0.15, 0.2) is 0 Å². The second kappa shape index (κ2) is 10.3. The molecule has 2 atom stereocenters. The zero-order valence-electron chi connectivity index (χ0n) is 21.0. The van der Waals surface area contributed by atoms with E-state index in [1.54, 1.807) is 36.5 Å². The van der Waals surface area contributed by atoms with E-state index in [1.165, 1.54) is 29.2 Å².